The van der Waals surface area contributed by atoms with Crippen molar-refractivity contribution in [1.82, 2.24) is 0 Å². The van der Waals surface area contributed by atoms with E-state index in [2.05, 4.69) is 0 Å². The topological polar surface area (TPSA) is 239 Å². The summed E-state index contributed by atoms with van der Waals surface area (Å²) >= 11 is 0. The highest BCUT2D eigenvalue weighted by molar-refractivity contribution is 5.54. The Balaban J connectivity index is -0.0000000866. The summed E-state index contributed by atoms with van der Waals surface area (Å²) in [5.74, 6) is 0. The molecule has 8 N–H and O–H groups in total. The third-order valence-corrected chi connectivity index (χ3v) is 0.595. The first-order valence-electron chi connectivity index (χ1n) is 4.33. The molecule has 0 aromatic rings. The monoisotopic (exact) mass is 318 g/mol. The normalized spacial score (nSPS) is 9.52. The van der Waals surface area contributed by atoms with Crippen LogP contribution in [0.5, 0.6) is 0 Å². The molecular formula is C8H14O13. The number of carbonyl (C=O) groups is 4. The molecule has 0 amide bonds. The van der Waals surface area contributed by atoms with Gasteiger partial charge in [0.05, 0.1) is 13.2 Å². The van der Waals surface area contributed by atoms with E-state index < -0.39 is 24.6 Å². The van der Waals surface area contributed by atoms with Gasteiger partial charge in [0, 0.05) is 0 Å². The van der Waals surface area contributed by atoms with E-state index in [-0.39, 0.29) is 0 Å². The summed E-state index contributed by atoms with van der Waals surface area (Å²) in [5.41, 5.74) is 0. The fraction of sp³-hybridized carbons (Fsp3) is 0.250. The summed E-state index contributed by atoms with van der Waals surface area (Å²) in [4.78, 5) is 34.2. The van der Waals surface area contributed by atoms with Crippen LogP contribution in [0.25, 0.3) is 0 Å². The Morgan fingerprint density at radius 1 is 0.571 bits per heavy atom. The fourth-order valence-electron chi connectivity index (χ4n) is 0.340. The first kappa shape index (κ1) is 26.4. The van der Waals surface area contributed by atoms with Crippen LogP contribution in [0.1, 0.15) is 0 Å². The summed E-state index contributed by atoms with van der Waals surface area (Å²) in [6.45, 7) is 1.64. The molecule has 13 nitrogen and oxygen atoms in total. The molecule has 0 aromatic heterocycles. The lowest BCUT2D eigenvalue weighted by Crippen LogP contribution is -1.81. The molecule has 21 heavy (non-hydrogen) atoms. The van der Waals surface area contributed by atoms with Gasteiger partial charge in [-0.15, -0.1) is 0 Å². The van der Waals surface area contributed by atoms with Crippen molar-refractivity contribution in [2.24, 2.45) is 0 Å². The highest BCUT2D eigenvalue weighted by Gasteiger charge is 1.83. The second-order valence-corrected chi connectivity index (χ2v) is 2.14. The van der Waals surface area contributed by atoms with Crippen molar-refractivity contribution in [3.8, 4) is 0 Å². The van der Waals surface area contributed by atoms with Crippen molar-refractivity contribution in [3.05, 3.63) is 12.2 Å². The molecule has 0 spiro atoms. The van der Waals surface area contributed by atoms with E-state index in [9.17, 15) is 0 Å². The van der Waals surface area contributed by atoms with Crippen LogP contribution in [-0.4, -0.2) is 78.7 Å². The van der Waals surface area contributed by atoms with E-state index in [1.54, 1.807) is 0 Å². The van der Waals surface area contributed by atoms with Crippen LogP contribution in [0, 0.1) is 0 Å². The van der Waals surface area contributed by atoms with Crippen LogP contribution >= 0.6 is 0 Å². The molecule has 0 saturated heterocycles. The van der Waals surface area contributed by atoms with E-state index in [4.69, 9.17) is 64.8 Å². The molecule has 1 aliphatic rings. The van der Waals surface area contributed by atoms with E-state index in [0.29, 0.717) is 0 Å². The highest BCUT2D eigenvalue weighted by atomic mass is 16.6. The van der Waals surface area contributed by atoms with Crippen molar-refractivity contribution < 1.29 is 64.8 Å². The molecule has 1 heterocycles. The fourth-order valence-corrected chi connectivity index (χ4v) is 0.340. The zero-order chi connectivity index (χ0) is 17.8. The number of ether oxygens (including phenoxy) is 1. The first-order valence-corrected chi connectivity index (χ1v) is 4.33. The average molecular weight is 318 g/mol. The zero-order valence-electron chi connectivity index (χ0n) is 10.2. The van der Waals surface area contributed by atoms with Gasteiger partial charge >= 0.3 is 24.6 Å². The first-order chi connectivity index (χ1) is 9.43. The Morgan fingerprint density at radius 3 is 0.762 bits per heavy atom. The lowest BCUT2D eigenvalue weighted by molar-refractivity contribution is 0.135. The quantitative estimate of drug-likeness (QED) is 0.295. The van der Waals surface area contributed by atoms with Crippen molar-refractivity contribution >= 4 is 24.6 Å². The molecule has 0 radical (unpaired) electrons. The van der Waals surface area contributed by atoms with Crippen LogP contribution in [-0.2, 0) is 4.74 Å². The molecule has 13 heteroatoms. The predicted octanol–water partition coefficient (Wildman–Crippen LogP) is 1.46. The van der Waals surface area contributed by atoms with Gasteiger partial charge in [0.1, 0.15) is 0 Å². The molecule has 0 saturated carbocycles. The summed E-state index contributed by atoms with van der Waals surface area (Å²) in [5, 5.41) is 55.8. The maximum absolute atomic E-state index is 8.56. The Morgan fingerprint density at radius 2 is 0.714 bits per heavy atom. The lowest BCUT2D eigenvalue weighted by atomic mass is 10.6. The molecule has 1 aliphatic heterocycles. The minimum absolute atomic E-state index is 0.819. The molecule has 0 unspecified atom stereocenters. The van der Waals surface area contributed by atoms with Gasteiger partial charge in [0.15, 0.2) is 0 Å². The molecule has 124 valence electrons. The lowest BCUT2D eigenvalue weighted by Gasteiger charge is -1.77. The van der Waals surface area contributed by atoms with Gasteiger partial charge in [0.2, 0.25) is 0 Å². The summed E-state index contributed by atoms with van der Waals surface area (Å²) in [7, 11) is 0. The predicted molar refractivity (Wildman–Crippen MR) is 62.6 cm³/mol. The maximum Gasteiger partial charge on any atom is 0.503 e. The number of rotatable bonds is 0. The van der Waals surface area contributed by atoms with Crippen LogP contribution in [0.2, 0.25) is 0 Å². The van der Waals surface area contributed by atoms with Gasteiger partial charge < -0.3 is 45.6 Å². The number of carboxylic acid groups (broad SMARTS) is 8. The molecule has 1 rings (SSSR count). The number of hydrogen-bond donors (Lipinski definition) is 8. The SMILES string of the molecule is C1=CCOC1.O=C(O)O.O=C(O)O.O=C(O)O.O=C(O)O. The third-order valence-electron chi connectivity index (χ3n) is 0.595. The van der Waals surface area contributed by atoms with Gasteiger partial charge in [-0.1, -0.05) is 12.2 Å². The Kier molecular flexibility index (Phi) is 27.6. The van der Waals surface area contributed by atoms with Crippen LogP contribution in [0.3, 0.4) is 0 Å². The van der Waals surface area contributed by atoms with Gasteiger partial charge in [0.25, 0.3) is 0 Å². The van der Waals surface area contributed by atoms with E-state index in [0.717, 1.165) is 13.2 Å². The minimum Gasteiger partial charge on any atom is -0.450 e. The molecule has 0 aromatic carbocycles. The molecule has 0 atom stereocenters. The van der Waals surface area contributed by atoms with Crippen molar-refractivity contribution in [1.29, 1.82) is 0 Å². The van der Waals surface area contributed by atoms with E-state index in [1.165, 1.54) is 0 Å². The van der Waals surface area contributed by atoms with Crippen molar-refractivity contribution in [2.45, 2.75) is 0 Å². The highest BCUT2D eigenvalue weighted by Crippen LogP contribution is 1.85. The summed E-state index contributed by atoms with van der Waals surface area (Å²) < 4.78 is 4.83. The molecule has 0 bridgehead atoms. The zero-order valence-corrected chi connectivity index (χ0v) is 10.2. The molecule has 0 aliphatic carbocycles. The summed E-state index contributed by atoms with van der Waals surface area (Å²) in [6.07, 6.45) is -3.31. The van der Waals surface area contributed by atoms with E-state index in [1.807, 2.05) is 12.2 Å². The Labute approximate surface area is 116 Å². The van der Waals surface area contributed by atoms with Gasteiger partial charge in [-0.05, 0) is 0 Å². The van der Waals surface area contributed by atoms with Crippen LogP contribution in [0.4, 0.5) is 19.2 Å². The summed E-state index contributed by atoms with van der Waals surface area (Å²) in [6, 6.07) is 0. The third kappa shape index (κ3) is 1160. The largest absolute Gasteiger partial charge is 0.503 e. The Hall–Kier alpha value is -3.22. The van der Waals surface area contributed by atoms with Crippen molar-refractivity contribution in [2.75, 3.05) is 13.2 Å². The van der Waals surface area contributed by atoms with Gasteiger partial charge in [-0.3, -0.25) is 0 Å². The average Bonchev–Trinajstić information content (AvgIpc) is 2.68. The van der Waals surface area contributed by atoms with Crippen molar-refractivity contribution in [3.63, 3.8) is 0 Å². The van der Waals surface area contributed by atoms with Gasteiger partial charge in [-0.2, -0.15) is 0 Å². The minimum atomic E-state index is -1.83. The smallest absolute Gasteiger partial charge is 0.450 e. The standard InChI is InChI=1S/C4H6O.4CH2O3/c1-2-4-5-3-1;4*2-1(3)4/h1-2H,3-4H2;4*(H2,2,3,4). The van der Waals surface area contributed by atoms with E-state index >= 15 is 0 Å². The van der Waals surface area contributed by atoms with Crippen LogP contribution < -0.4 is 0 Å². The number of hydrogen-bond acceptors (Lipinski definition) is 5. The molecule has 0 fully saturated rings. The van der Waals surface area contributed by atoms with Gasteiger partial charge in [-0.25, -0.2) is 19.2 Å². The Bertz CT molecular complexity index is 250. The molecular weight excluding hydrogens is 304 g/mol. The van der Waals surface area contributed by atoms with Crippen LogP contribution in [0.15, 0.2) is 12.2 Å². The maximum atomic E-state index is 8.56. The second-order valence-electron chi connectivity index (χ2n) is 2.14. The second kappa shape index (κ2) is 22.0.